The second-order valence-electron chi connectivity index (χ2n) is 5.52. The number of rotatable bonds is 4. The van der Waals surface area contributed by atoms with Crippen molar-refractivity contribution in [3.05, 3.63) is 47.9 Å². The molecule has 0 spiro atoms. The van der Waals surface area contributed by atoms with E-state index in [-0.39, 0.29) is 11.3 Å². The molecule has 2 N–H and O–H groups in total. The smallest absolute Gasteiger partial charge is 0.337 e. The molecule has 2 heterocycles. The maximum absolute atomic E-state index is 12.0. The lowest BCUT2D eigenvalue weighted by atomic mass is 10.1. The molecule has 1 aromatic carbocycles. The number of piperidine rings is 1. The highest BCUT2D eigenvalue weighted by atomic mass is 16.4. The Labute approximate surface area is 133 Å². The number of furan rings is 1. The van der Waals surface area contributed by atoms with Gasteiger partial charge in [0, 0.05) is 18.8 Å². The van der Waals surface area contributed by atoms with Gasteiger partial charge in [0.1, 0.15) is 0 Å². The van der Waals surface area contributed by atoms with Gasteiger partial charge in [0.2, 0.25) is 0 Å². The average Bonchev–Trinajstić information content (AvgIpc) is 3.10. The van der Waals surface area contributed by atoms with Crippen molar-refractivity contribution < 1.29 is 19.1 Å². The predicted molar refractivity (Wildman–Crippen MR) is 86.1 cm³/mol. The molecule has 120 valence electrons. The van der Waals surface area contributed by atoms with Gasteiger partial charge in [0.25, 0.3) is 5.91 Å². The second kappa shape index (κ2) is 6.56. The van der Waals surface area contributed by atoms with E-state index >= 15 is 0 Å². The first kappa shape index (κ1) is 15.1. The lowest BCUT2D eigenvalue weighted by Gasteiger charge is -2.30. The van der Waals surface area contributed by atoms with Gasteiger partial charge in [-0.05, 0) is 49.6 Å². The van der Waals surface area contributed by atoms with Crippen molar-refractivity contribution in [3.63, 3.8) is 0 Å². The van der Waals surface area contributed by atoms with E-state index in [9.17, 15) is 14.7 Å². The summed E-state index contributed by atoms with van der Waals surface area (Å²) in [7, 11) is 0. The molecule has 1 amide bonds. The molecule has 1 aliphatic heterocycles. The van der Waals surface area contributed by atoms with Crippen molar-refractivity contribution in [2.75, 3.05) is 23.3 Å². The summed E-state index contributed by atoms with van der Waals surface area (Å²) >= 11 is 0. The van der Waals surface area contributed by atoms with Crippen LogP contribution in [-0.4, -0.2) is 30.1 Å². The molecule has 0 saturated carbocycles. The van der Waals surface area contributed by atoms with Crippen LogP contribution in [0.1, 0.15) is 40.2 Å². The summed E-state index contributed by atoms with van der Waals surface area (Å²) < 4.78 is 5.03. The summed E-state index contributed by atoms with van der Waals surface area (Å²) in [6.45, 7) is 1.72. The van der Waals surface area contributed by atoms with Crippen LogP contribution in [0.15, 0.2) is 41.0 Å². The van der Waals surface area contributed by atoms with E-state index in [4.69, 9.17) is 4.42 Å². The van der Waals surface area contributed by atoms with Crippen LogP contribution in [0.2, 0.25) is 0 Å². The van der Waals surface area contributed by atoms with Crippen molar-refractivity contribution in [1.82, 2.24) is 0 Å². The molecule has 0 atom stereocenters. The largest absolute Gasteiger partial charge is 0.478 e. The number of benzene rings is 1. The van der Waals surface area contributed by atoms with E-state index in [0.717, 1.165) is 25.9 Å². The number of hydrogen-bond acceptors (Lipinski definition) is 4. The Balaban J connectivity index is 1.84. The molecule has 0 radical (unpaired) electrons. The monoisotopic (exact) mass is 314 g/mol. The fraction of sp³-hybridized carbons (Fsp3) is 0.294. The molecule has 23 heavy (non-hydrogen) atoms. The van der Waals surface area contributed by atoms with Crippen LogP contribution in [-0.2, 0) is 0 Å². The fourth-order valence-electron chi connectivity index (χ4n) is 2.80. The Kier molecular flexibility index (Phi) is 4.32. The van der Waals surface area contributed by atoms with E-state index < -0.39 is 11.9 Å². The highest BCUT2D eigenvalue weighted by Crippen LogP contribution is 2.27. The Morgan fingerprint density at radius 1 is 1.13 bits per heavy atom. The van der Waals surface area contributed by atoms with E-state index in [0.29, 0.717) is 11.4 Å². The lowest BCUT2D eigenvalue weighted by Crippen LogP contribution is -2.30. The van der Waals surface area contributed by atoms with Gasteiger partial charge in [0.05, 0.1) is 17.5 Å². The number of aromatic carboxylic acids is 1. The first-order valence-electron chi connectivity index (χ1n) is 7.62. The van der Waals surface area contributed by atoms with Gasteiger partial charge in [-0.2, -0.15) is 0 Å². The van der Waals surface area contributed by atoms with Crippen LogP contribution >= 0.6 is 0 Å². The van der Waals surface area contributed by atoms with Crippen molar-refractivity contribution >= 4 is 23.3 Å². The maximum Gasteiger partial charge on any atom is 0.337 e. The van der Waals surface area contributed by atoms with Crippen LogP contribution < -0.4 is 10.2 Å². The van der Waals surface area contributed by atoms with Crippen molar-refractivity contribution in [2.24, 2.45) is 0 Å². The topological polar surface area (TPSA) is 82.8 Å². The van der Waals surface area contributed by atoms with Crippen LogP contribution in [0.25, 0.3) is 0 Å². The van der Waals surface area contributed by atoms with Gasteiger partial charge in [0.15, 0.2) is 5.76 Å². The molecular formula is C17H18N2O4. The standard InChI is InChI=1S/C17H18N2O4/c20-16(15-5-4-10-23-15)18-12-6-7-14(13(11-12)17(21)22)19-8-2-1-3-9-19/h4-7,10-11H,1-3,8-9H2,(H,18,20)(H,21,22). The third kappa shape index (κ3) is 3.36. The van der Waals surface area contributed by atoms with Crippen molar-refractivity contribution in [2.45, 2.75) is 19.3 Å². The molecule has 2 aromatic rings. The third-order valence-corrected chi connectivity index (χ3v) is 3.93. The molecule has 0 unspecified atom stereocenters. The molecule has 6 nitrogen and oxygen atoms in total. The Morgan fingerprint density at radius 3 is 2.57 bits per heavy atom. The molecule has 1 fully saturated rings. The molecule has 1 aromatic heterocycles. The highest BCUT2D eigenvalue weighted by Gasteiger charge is 2.19. The van der Waals surface area contributed by atoms with Crippen LogP contribution in [0.4, 0.5) is 11.4 Å². The number of carboxylic acid groups (broad SMARTS) is 1. The quantitative estimate of drug-likeness (QED) is 0.905. The van der Waals surface area contributed by atoms with E-state index in [1.807, 2.05) is 0 Å². The molecule has 1 aliphatic rings. The predicted octanol–water partition coefficient (Wildman–Crippen LogP) is 3.22. The summed E-state index contributed by atoms with van der Waals surface area (Å²) in [6, 6.07) is 8.14. The maximum atomic E-state index is 12.0. The summed E-state index contributed by atoms with van der Waals surface area (Å²) in [5, 5.41) is 12.1. The van der Waals surface area contributed by atoms with Crippen LogP contribution in [0, 0.1) is 0 Å². The lowest BCUT2D eigenvalue weighted by molar-refractivity contribution is 0.0697. The Bertz CT molecular complexity index is 703. The summed E-state index contributed by atoms with van der Waals surface area (Å²) in [5.41, 5.74) is 1.34. The van der Waals surface area contributed by atoms with Gasteiger partial charge in [-0.25, -0.2) is 4.79 Å². The van der Waals surface area contributed by atoms with E-state index in [1.54, 1.807) is 24.3 Å². The first-order valence-corrected chi connectivity index (χ1v) is 7.62. The third-order valence-electron chi connectivity index (χ3n) is 3.93. The highest BCUT2D eigenvalue weighted by molar-refractivity contribution is 6.03. The van der Waals surface area contributed by atoms with E-state index in [1.165, 1.54) is 18.8 Å². The zero-order valence-electron chi connectivity index (χ0n) is 12.6. The molecule has 0 aliphatic carbocycles. The molecular weight excluding hydrogens is 296 g/mol. The number of nitrogens with one attached hydrogen (secondary N) is 1. The normalized spacial score (nSPS) is 14.5. The van der Waals surface area contributed by atoms with Gasteiger partial charge in [-0.3, -0.25) is 4.79 Å². The Hall–Kier alpha value is -2.76. The summed E-state index contributed by atoms with van der Waals surface area (Å²) in [6.07, 6.45) is 4.72. The number of anilines is 2. The number of carboxylic acids is 1. The van der Waals surface area contributed by atoms with Crippen molar-refractivity contribution in [1.29, 1.82) is 0 Å². The minimum absolute atomic E-state index is 0.182. The SMILES string of the molecule is O=C(Nc1ccc(N2CCCCC2)c(C(=O)O)c1)c1ccco1. The molecule has 1 saturated heterocycles. The number of carbonyl (C=O) groups excluding carboxylic acids is 1. The first-order chi connectivity index (χ1) is 11.1. The van der Waals surface area contributed by atoms with E-state index in [2.05, 4.69) is 10.2 Å². The van der Waals surface area contributed by atoms with Crippen molar-refractivity contribution in [3.8, 4) is 0 Å². The number of hydrogen-bond donors (Lipinski definition) is 2. The summed E-state index contributed by atoms with van der Waals surface area (Å²) in [4.78, 5) is 25.6. The van der Waals surface area contributed by atoms with Gasteiger partial charge >= 0.3 is 5.97 Å². The van der Waals surface area contributed by atoms with Crippen LogP contribution in [0.3, 0.4) is 0 Å². The average molecular weight is 314 g/mol. The fourth-order valence-corrected chi connectivity index (χ4v) is 2.80. The zero-order chi connectivity index (χ0) is 16.2. The van der Waals surface area contributed by atoms with Gasteiger partial charge in [-0.1, -0.05) is 0 Å². The summed E-state index contributed by atoms with van der Waals surface area (Å²) in [5.74, 6) is -1.22. The minimum atomic E-state index is -1.00. The van der Waals surface area contributed by atoms with Gasteiger partial charge in [-0.15, -0.1) is 0 Å². The van der Waals surface area contributed by atoms with Gasteiger partial charge < -0.3 is 19.7 Å². The van der Waals surface area contributed by atoms with Crippen LogP contribution in [0.5, 0.6) is 0 Å². The molecule has 3 rings (SSSR count). The number of carbonyl (C=O) groups is 2. The number of amides is 1. The second-order valence-corrected chi connectivity index (χ2v) is 5.52. The molecule has 6 heteroatoms. The Morgan fingerprint density at radius 2 is 1.91 bits per heavy atom. The minimum Gasteiger partial charge on any atom is -0.478 e. The zero-order valence-corrected chi connectivity index (χ0v) is 12.6. The molecule has 0 bridgehead atoms. The number of nitrogens with zero attached hydrogens (tertiary/aromatic N) is 1.